The molecule has 0 spiro atoms. The predicted octanol–water partition coefficient (Wildman–Crippen LogP) is 4.76. The topological polar surface area (TPSA) is 64.1 Å². The molecular formula is C19H19N3O2S. The number of ether oxygens (including phenoxy) is 1. The van der Waals surface area contributed by atoms with Crippen molar-refractivity contribution in [1.82, 2.24) is 9.97 Å². The molecule has 0 radical (unpaired) electrons. The summed E-state index contributed by atoms with van der Waals surface area (Å²) >= 11 is 1.44. The number of carbonyl (C=O) groups is 1. The van der Waals surface area contributed by atoms with Crippen LogP contribution in [0, 0.1) is 13.8 Å². The maximum atomic E-state index is 12.2. The Bertz CT molecular complexity index is 888. The van der Waals surface area contributed by atoms with Crippen molar-refractivity contribution in [2.75, 3.05) is 5.32 Å². The van der Waals surface area contributed by atoms with Crippen LogP contribution in [-0.4, -0.2) is 15.9 Å². The minimum absolute atomic E-state index is 0.0971. The Kier molecular flexibility index (Phi) is 5.09. The average Bonchev–Trinajstić information content (AvgIpc) is 3.02. The lowest BCUT2D eigenvalue weighted by molar-refractivity contribution is 0.103. The summed E-state index contributed by atoms with van der Waals surface area (Å²) in [4.78, 5) is 21.6. The number of aryl methyl sites for hydroxylation is 3. The number of aromatic nitrogens is 2. The molecule has 6 heteroatoms. The van der Waals surface area contributed by atoms with Crippen molar-refractivity contribution in [3.8, 4) is 11.6 Å². The summed E-state index contributed by atoms with van der Waals surface area (Å²) in [6.45, 7) is 5.81. The average molecular weight is 353 g/mol. The third-order valence-corrected chi connectivity index (χ3v) is 4.65. The number of nitrogens with one attached hydrogen (secondary N) is 1. The first-order chi connectivity index (χ1) is 12.0. The Hall–Kier alpha value is -2.73. The number of carbonyl (C=O) groups excluding carboxylic acids is 1. The Morgan fingerprint density at radius 2 is 1.92 bits per heavy atom. The molecule has 0 bridgehead atoms. The minimum atomic E-state index is -0.0971. The maximum Gasteiger partial charge on any atom is 0.265 e. The van der Waals surface area contributed by atoms with Crippen LogP contribution < -0.4 is 10.1 Å². The molecule has 128 valence electrons. The zero-order chi connectivity index (χ0) is 17.8. The summed E-state index contributed by atoms with van der Waals surface area (Å²) in [6, 6.07) is 11.0. The second-order valence-corrected chi connectivity index (χ2v) is 6.53. The van der Waals surface area contributed by atoms with Crippen molar-refractivity contribution >= 4 is 22.9 Å². The third-order valence-electron chi connectivity index (χ3n) is 3.63. The van der Waals surface area contributed by atoms with Crippen molar-refractivity contribution in [3.05, 3.63) is 63.7 Å². The second-order valence-electron chi connectivity index (χ2n) is 5.61. The van der Waals surface area contributed by atoms with Gasteiger partial charge in [-0.2, -0.15) is 4.98 Å². The smallest absolute Gasteiger partial charge is 0.265 e. The zero-order valence-corrected chi connectivity index (χ0v) is 15.2. The fraction of sp³-hybridized carbons (Fsp3) is 0.211. The van der Waals surface area contributed by atoms with Crippen molar-refractivity contribution in [2.24, 2.45) is 0 Å². The van der Waals surface area contributed by atoms with Gasteiger partial charge in [0.15, 0.2) is 0 Å². The van der Waals surface area contributed by atoms with Crippen LogP contribution >= 0.6 is 11.3 Å². The van der Waals surface area contributed by atoms with Crippen LogP contribution in [0.4, 0.5) is 5.69 Å². The largest absolute Gasteiger partial charge is 0.439 e. The lowest BCUT2D eigenvalue weighted by Gasteiger charge is -2.09. The highest BCUT2D eigenvalue weighted by Crippen LogP contribution is 2.23. The number of anilines is 1. The fourth-order valence-corrected chi connectivity index (χ4v) is 3.17. The van der Waals surface area contributed by atoms with Crippen molar-refractivity contribution < 1.29 is 9.53 Å². The van der Waals surface area contributed by atoms with Crippen LogP contribution in [0.1, 0.15) is 33.7 Å². The molecule has 0 unspecified atom stereocenters. The van der Waals surface area contributed by atoms with Gasteiger partial charge in [0.2, 0.25) is 5.88 Å². The van der Waals surface area contributed by atoms with Gasteiger partial charge in [-0.1, -0.05) is 6.92 Å². The monoisotopic (exact) mass is 353 g/mol. The number of amides is 1. The van der Waals surface area contributed by atoms with Gasteiger partial charge in [0, 0.05) is 17.4 Å². The van der Waals surface area contributed by atoms with E-state index in [1.165, 1.54) is 11.3 Å². The Labute approximate surface area is 150 Å². The van der Waals surface area contributed by atoms with Gasteiger partial charge in [-0.3, -0.25) is 4.79 Å². The van der Waals surface area contributed by atoms with Crippen molar-refractivity contribution in [1.29, 1.82) is 0 Å². The lowest BCUT2D eigenvalue weighted by Crippen LogP contribution is -2.11. The van der Waals surface area contributed by atoms with E-state index in [1.807, 2.05) is 50.4 Å². The number of thiophene rings is 1. The van der Waals surface area contributed by atoms with Gasteiger partial charge < -0.3 is 10.1 Å². The molecule has 3 aromatic rings. The van der Waals surface area contributed by atoms with E-state index in [-0.39, 0.29) is 5.91 Å². The molecule has 2 aromatic heterocycles. The van der Waals surface area contributed by atoms with Crippen LogP contribution in [0.2, 0.25) is 0 Å². The molecule has 5 nitrogen and oxygen atoms in total. The van der Waals surface area contributed by atoms with E-state index in [4.69, 9.17) is 4.74 Å². The number of benzene rings is 1. The first-order valence-electron chi connectivity index (χ1n) is 8.03. The summed E-state index contributed by atoms with van der Waals surface area (Å²) in [5, 5.41) is 4.81. The van der Waals surface area contributed by atoms with Crippen LogP contribution in [0.5, 0.6) is 11.6 Å². The fourth-order valence-electron chi connectivity index (χ4n) is 2.35. The van der Waals surface area contributed by atoms with Crippen molar-refractivity contribution in [3.63, 3.8) is 0 Å². The van der Waals surface area contributed by atoms with E-state index >= 15 is 0 Å². The first-order valence-corrected chi connectivity index (χ1v) is 8.91. The van der Waals surface area contributed by atoms with Gasteiger partial charge in [0.1, 0.15) is 11.6 Å². The second kappa shape index (κ2) is 7.44. The van der Waals surface area contributed by atoms with E-state index in [1.54, 1.807) is 12.1 Å². The molecular weight excluding hydrogens is 334 g/mol. The Morgan fingerprint density at radius 1 is 1.16 bits per heavy atom. The molecule has 0 saturated carbocycles. The number of nitrogens with zero attached hydrogens (tertiary/aromatic N) is 2. The van der Waals surface area contributed by atoms with Gasteiger partial charge in [0.25, 0.3) is 5.91 Å². The highest BCUT2D eigenvalue weighted by atomic mass is 32.1. The molecule has 0 atom stereocenters. The van der Waals surface area contributed by atoms with Crippen LogP contribution in [0.25, 0.3) is 0 Å². The van der Waals surface area contributed by atoms with Gasteiger partial charge in [-0.25, -0.2) is 4.98 Å². The van der Waals surface area contributed by atoms with Gasteiger partial charge in [0.05, 0.1) is 4.88 Å². The normalized spacial score (nSPS) is 10.5. The van der Waals surface area contributed by atoms with E-state index < -0.39 is 0 Å². The van der Waals surface area contributed by atoms with Crippen molar-refractivity contribution in [2.45, 2.75) is 27.2 Å². The predicted molar refractivity (Wildman–Crippen MR) is 99.7 cm³/mol. The lowest BCUT2D eigenvalue weighted by atomic mass is 10.2. The molecule has 1 aromatic carbocycles. The summed E-state index contributed by atoms with van der Waals surface area (Å²) in [7, 11) is 0. The molecule has 1 amide bonds. The summed E-state index contributed by atoms with van der Waals surface area (Å²) < 4.78 is 5.79. The zero-order valence-electron chi connectivity index (χ0n) is 14.4. The van der Waals surface area contributed by atoms with Crippen LogP contribution in [0.3, 0.4) is 0 Å². The van der Waals surface area contributed by atoms with E-state index in [2.05, 4.69) is 15.3 Å². The standard InChI is InChI=1S/C19H19N3O2S/c1-4-14-11-17(21-13(3)20-14)24-16-7-5-15(6-8-16)22-19(23)18-12(2)9-10-25-18/h5-11H,4H2,1-3H3,(H,22,23). The quantitative estimate of drug-likeness (QED) is 0.718. The maximum absolute atomic E-state index is 12.2. The highest BCUT2D eigenvalue weighted by Gasteiger charge is 2.10. The number of hydrogen-bond donors (Lipinski definition) is 1. The minimum Gasteiger partial charge on any atom is -0.439 e. The molecule has 2 heterocycles. The molecule has 0 fully saturated rings. The molecule has 0 aliphatic carbocycles. The summed E-state index contributed by atoms with van der Waals surface area (Å²) in [5.74, 6) is 1.77. The van der Waals surface area contributed by atoms with E-state index in [0.717, 1.165) is 28.2 Å². The Balaban J connectivity index is 1.69. The van der Waals surface area contributed by atoms with Crippen LogP contribution in [0.15, 0.2) is 41.8 Å². The molecule has 0 aliphatic rings. The molecule has 0 saturated heterocycles. The third kappa shape index (κ3) is 4.22. The van der Waals surface area contributed by atoms with Crippen LogP contribution in [-0.2, 0) is 6.42 Å². The SMILES string of the molecule is CCc1cc(Oc2ccc(NC(=O)c3sccc3C)cc2)nc(C)n1. The summed E-state index contributed by atoms with van der Waals surface area (Å²) in [5.41, 5.74) is 2.64. The molecule has 3 rings (SSSR count). The Morgan fingerprint density at radius 3 is 2.56 bits per heavy atom. The molecule has 0 aliphatic heterocycles. The van der Waals surface area contributed by atoms with Gasteiger partial charge in [-0.05, 0) is 61.5 Å². The van der Waals surface area contributed by atoms with Gasteiger partial charge in [-0.15, -0.1) is 11.3 Å². The van der Waals surface area contributed by atoms with Gasteiger partial charge >= 0.3 is 0 Å². The highest BCUT2D eigenvalue weighted by molar-refractivity contribution is 7.12. The summed E-state index contributed by atoms with van der Waals surface area (Å²) in [6.07, 6.45) is 0.826. The van der Waals surface area contributed by atoms with E-state index in [9.17, 15) is 4.79 Å². The molecule has 25 heavy (non-hydrogen) atoms. The number of rotatable bonds is 5. The first kappa shape index (κ1) is 17.1. The number of hydrogen-bond acceptors (Lipinski definition) is 5. The molecule has 1 N–H and O–H groups in total. The van der Waals surface area contributed by atoms with E-state index in [0.29, 0.717) is 17.5 Å².